The van der Waals surface area contributed by atoms with Gasteiger partial charge in [0.05, 0.1) is 6.54 Å². The number of hydrogen-bond donors (Lipinski definition) is 1. The second-order valence-corrected chi connectivity index (χ2v) is 4.53. The Morgan fingerprint density at radius 3 is 3.19 bits per heavy atom. The lowest BCUT2D eigenvalue weighted by Crippen LogP contribution is -2.22. The molecule has 1 fully saturated rings. The average Bonchev–Trinajstić information content (AvgIpc) is 2.89. The van der Waals surface area contributed by atoms with Gasteiger partial charge in [-0.05, 0) is 32.2 Å². The number of aliphatic hydroxyl groups is 1. The maximum absolute atomic E-state index is 8.92. The summed E-state index contributed by atoms with van der Waals surface area (Å²) in [6, 6.07) is 0. The van der Waals surface area contributed by atoms with E-state index in [1.807, 2.05) is 12.4 Å². The summed E-state index contributed by atoms with van der Waals surface area (Å²) in [5.41, 5.74) is 0. The van der Waals surface area contributed by atoms with Gasteiger partial charge < -0.3 is 9.67 Å². The molecule has 1 unspecified atom stereocenters. The van der Waals surface area contributed by atoms with Crippen LogP contribution >= 0.6 is 0 Å². The smallest absolute Gasteiger partial charge is 0.122 e. The van der Waals surface area contributed by atoms with Crippen LogP contribution in [0.4, 0.5) is 0 Å². The highest BCUT2D eigenvalue weighted by Gasteiger charge is 2.22. The Morgan fingerprint density at radius 1 is 1.56 bits per heavy atom. The fourth-order valence-corrected chi connectivity index (χ4v) is 2.45. The summed E-state index contributed by atoms with van der Waals surface area (Å²) in [6.45, 7) is 6.65. The molecular weight excluding hydrogens is 202 g/mol. The van der Waals surface area contributed by atoms with Gasteiger partial charge in [-0.2, -0.15) is 0 Å². The maximum atomic E-state index is 8.92. The molecule has 0 saturated carbocycles. The second kappa shape index (κ2) is 5.46. The topological polar surface area (TPSA) is 41.3 Å². The number of aliphatic hydroxyl groups excluding tert-OH is 1. The molecule has 16 heavy (non-hydrogen) atoms. The molecule has 2 rings (SSSR count). The molecule has 0 amide bonds. The van der Waals surface area contributed by atoms with E-state index in [0.717, 1.165) is 38.4 Å². The van der Waals surface area contributed by atoms with E-state index in [1.165, 1.54) is 6.42 Å². The molecule has 0 bridgehead atoms. The van der Waals surface area contributed by atoms with Crippen molar-refractivity contribution in [3.63, 3.8) is 0 Å². The van der Waals surface area contributed by atoms with Crippen LogP contribution in [0.5, 0.6) is 0 Å². The maximum Gasteiger partial charge on any atom is 0.122 e. The molecule has 4 heteroatoms. The van der Waals surface area contributed by atoms with Crippen LogP contribution < -0.4 is 0 Å². The second-order valence-electron chi connectivity index (χ2n) is 4.53. The van der Waals surface area contributed by atoms with Crippen LogP contribution in [0.3, 0.4) is 0 Å². The molecule has 1 aliphatic rings. The van der Waals surface area contributed by atoms with Crippen LogP contribution in [0.2, 0.25) is 0 Å². The van der Waals surface area contributed by atoms with E-state index in [-0.39, 0.29) is 0 Å². The van der Waals surface area contributed by atoms with Crippen LogP contribution in [0.25, 0.3) is 0 Å². The van der Waals surface area contributed by atoms with E-state index < -0.39 is 0 Å². The van der Waals surface area contributed by atoms with Gasteiger partial charge in [-0.3, -0.25) is 4.90 Å². The van der Waals surface area contributed by atoms with Crippen molar-refractivity contribution in [1.29, 1.82) is 0 Å². The molecule has 1 aromatic rings. The highest BCUT2D eigenvalue weighted by Crippen LogP contribution is 2.20. The fourth-order valence-electron chi connectivity index (χ4n) is 2.45. The molecule has 4 nitrogen and oxygen atoms in total. The van der Waals surface area contributed by atoms with Crippen LogP contribution in [0.1, 0.15) is 25.6 Å². The lowest BCUT2D eigenvalue weighted by Gasteiger charge is -2.16. The summed E-state index contributed by atoms with van der Waals surface area (Å²) in [7, 11) is 0. The van der Waals surface area contributed by atoms with E-state index in [0.29, 0.717) is 12.5 Å². The number of imidazole rings is 1. The zero-order valence-corrected chi connectivity index (χ0v) is 9.97. The summed E-state index contributed by atoms with van der Waals surface area (Å²) < 4.78 is 2.19. The molecule has 90 valence electrons. The number of aryl methyl sites for hydroxylation is 1. The van der Waals surface area contributed by atoms with Crippen LogP contribution in [-0.2, 0) is 13.1 Å². The molecule has 2 heterocycles. The summed E-state index contributed by atoms with van der Waals surface area (Å²) in [5, 5.41) is 8.92. The number of aromatic nitrogens is 2. The third kappa shape index (κ3) is 2.62. The van der Waals surface area contributed by atoms with Crippen molar-refractivity contribution in [2.75, 3.05) is 19.7 Å². The first kappa shape index (κ1) is 11.6. The Bertz CT molecular complexity index is 324. The largest absolute Gasteiger partial charge is 0.396 e. The van der Waals surface area contributed by atoms with Crippen molar-refractivity contribution in [2.45, 2.75) is 32.9 Å². The van der Waals surface area contributed by atoms with E-state index in [1.54, 1.807) is 0 Å². The zero-order chi connectivity index (χ0) is 11.4. The normalized spacial score (nSPS) is 21.8. The van der Waals surface area contributed by atoms with Crippen molar-refractivity contribution >= 4 is 0 Å². The van der Waals surface area contributed by atoms with Crippen molar-refractivity contribution in [2.24, 2.45) is 5.92 Å². The molecular formula is C12H21N3O. The first-order valence-electron chi connectivity index (χ1n) is 6.16. The van der Waals surface area contributed by atoms with Crippen molar-refractivity contribution < 1.29 is 5.11 Å². The van der Waals surface area contributed by atoms with E-state index in [2.05, 4.69) is 21.4 Å². The Morgan fingerprint density at radius 2 is 2.44 bits per heavy atom. The molecule has 0 spiro atoms. The quantitative estimate of drug-likeness (QED) is 0.813. The fraction of sp³-hybridized carbons (Fsp3) is 0.750. The minimum Gasteiger partial charge on any atom is -0.396 e. The lowest BCUT2D eigenvalue weighted by atomic mass is 10.1. The Hall–Kier alpha value is -0.870. The summed E-state index contributed by atoms with van der Waals surface area (Å²) in [4.78, 5) is 6.83. The van der Waals surface area contributed by atoms with E-state index in [4.69, 9.17) is 5.11 Å². The van der Waals surface area contributed by atoms with Gasteiger partial charge in [0.1, 0.15) is 5.82 Å². The van der Waals surface area contributed by atoms with Gasteiger partial charge in [-0.25, -0.2) is 4.98 Å². The van der Waals surface area contributed by atoms with Gasteiger partial charge in [-0.1, -0.05) is 0 Å². The number of nitrogens with zero attached hydrogens (tertiary/aromatic N) is 3. The number of likely N-dealkylation sites (tertiary alicyclic amines) is 1. The highest BCUT2D eigenvalue weighted by molar-refractivity contribution is 4.93. The molecule has 1 atom stereocenters. The van der Waals surface area contributed by atoms with Gasteiger partial charge in [0.25, 0.3) is 0 Å². The van der Waals surface area contributed by atoms with Crippen LogP contribution in [-0.4, -0.2) is 39.3 Å². The van der Waals surface area contributed by atoms with Gasteiger partial charge in [-0.15, -0.1) is 0 Å². The van der Waals surface area contributed by atoms with Gasteiger partial charge >= 0.3 is 0 Å². The van der Waals surface area contributed by atoms with Crippen molar-refractivity contribution in [1.82, 2.24) is 14.5 Å². The molecule has 0 aliphatic carbocycles. The first-order valence-corrected chi connectivity index (χ1v) is 6.16. The highest BCUT2D eigenvalue weighted by atomic mass is 16.3. The lowest BCUT2D eigenvalue weighted by molar-refractivity contribution is 0.247. The predicted octanol–water partition coefficient (Wildman–Crippen LogP) is 1.11. The van der Waals surface area contributed by atoms with Gasteiger partial charge in [0, 0.05) is 32.1 Å². The summed E-state index contributed by atoms with van der Waals surface area (Å²) >= 11 is 0. The average molecular weight is 223 g/mol. The summed E-state index contributed by atoms with van der Waals surface area (Å²) in [6.07, 6.45) is 6.07. The molecule has 0 aromatic carbocycles. The van der Waals surface area contributed by atoms with E-state index in [9.17, 15) is 0 Å². The predicted molar refractivity (Wildman–Crippen MR) is 63.0 cm³/mol. The molecule has 1 aliphatic heterocycles. The zero-order valence-electron chi connectivity index (χ0n) is 9.97. The molecule has 0 radical (unpaired) electrons. The number of rotatable bonds is 5. The number of hydrogen-bond acceptors (Lipinski definition) is 3. The van der Waals surface area contributed by atoms with Gasteiger partial charge in [0.2, 0.25) is 0 Å². The van der Waals surface area contributed by atoms with E-state index >= 15 is 0 Å². The van der Waals surface area contributed by atoms with Gasteiger partial charge in [0.15, 0.2) is 0 Å². The molecule has 1 saturated heterocycles. The SMILES string of the molecule is CCn1ccnc1CN1CCC(CCO)C1. The van der Waals surface area contributed by atoms with Crippen molar-refractivity contribution in [3.8, 4) is 0 Å². The Labute approximate surface area is 96.9 Å². The molecule has 1 aromatic heterocycles. The summed E-state index contributed by atoms with van der Waals surface area (Å²) in [5.74, 6) is 1.84. The standard InChI is InChI=1S/C12H21N3O/c1-2-15-7-5-13-12(15)10-14-6-3-11(9-14)4-8-16/h5,7,11,16H,2-4,6,8-10H2,1H3. The minimum atomic E-state index is 0.322. The molecule has 1 N–H and O–H groups in total. The minimum absolute atomic E-state index is 0.322. The van der Waals surface area contributed by atoms with Crippen LogP contribution in [0.15, 0.2) is 12.4 Å². The third-order valence-electron chi connectivity index (χ3n) is 3.41. The Kier molecular flexibility index (Phi) is 3.96. The Balaban J connectivity index is 1.87. The third-order valence-corrected chi connectivity index (χ3v) is 3.41. The van der Waals surface area contributed by atoms with Crippen molar-refractivity contribution in [3.05, 3.63) is 18.2 Å². The first-order chi connectivity index (χ1) is 7.83. The van der Waals surface area contributed by atoms with Crippen LogP contribution in [0, 0.1) is 5.92 Å². The monoisotopic (exact) mass is 223 g/mol.